The van der Waals surface area contributed by atoms with Crippen LogP contribution >= 0.6 is 0 Å². The highest BCUT2D eigenvalue weighted by Crippen LogP contribution is 2.11. The van der Waals surface area contributed by atoms with E-state index < -0.39 is 10.0 Å². The minimum Gasteiger partial charge on any atom is -0.356 e. The van der Waals surface area contributed by atoms with Crippen molar-refractivity contribution in [3.63, 3.8) is 0 Å². The molecule has 2 rings (SSSR count). The van der Waals surface area contributed by atoms with Gasteiger partial charge in [-0.2, -0.15) is 0 Å². The molecular weight excluding hydrogens is 355 g/mol. The Morgan fingerprint density at radius 1 is 1.12 bits per heavy atom. The van der Waals surface area contributed by atoms with Gasteiger partial charge in [0.25, 0.3) is 0 Å². The van der Waals surface area contributed by atoms with Crippen molar-refractivity contribution in [2.24, 2.45) is 4.99 Å². The van der Waals surface area contributed by atoms with Crippen LogP contribution < -0.4 is 15.4 Å². The average molecular weight is 378 g/mol. The molecule has 140 valence electrons. The Bertz CT molecular complexity index is 869. The number of rotatable bonds is 7. The first-order chi connectivity index (χ1) is 12.5. The summed E-state index contributed by atoms with van der Waals surface area (Å²) in [4.78, 5) is 4.32. The summed E-state index contributed by atoms with van der Waals surface area (Å²) in [5.74, 6) is 0.336. The quantitative estimate of drug-likeness (QED) is 0.505. The van der Waals surface area contributed by atoms with E-state index in [-0.39, 0.29) is 10.7 Å². The SMILES string of the molecule is CN=C(NCCc1ccccc1F)NCc1cccc(S(=O)(=O)NC)c1. The summed E-state index contributed by atoms with van der Waals surface area (Å²) in [6.07, 6.45) is 0.531. The fourth-order valence-electron chi connectivity index (χ4n) is 2.36. The second kappa shape index (κ2) is 9.30. The molecule has 0 aliphatic rings. The van der Waals surface area contributed by atoms with E-state index >= 15 is 0 Å². The van der Waals surface area contributed by atoms with Crippen LogP contribution in [0.3, 0.4) is 0 Å². The first-order valence-electron chi connectivity index (χ1n) is 8.16. The Labute approximate surface area is 153 Å². The standard InChI is InChI=1S/C18H23FN4O2S/c1-20-18(22-11-10-15-7-3-4-9-17(15)19)23-13-14-6-5-8-16(12-14)26(24,25)21-2/h3-9,12,21H,10-11,13H2,1-2H3,(H2,20,22,23). The summed E-state index contributed by atoms with van der Waals surface area (Å²) in [6.45, 7) is 0.932. The third-order valence-corrected chi connectivity index (χ3v) is 5.22. The highest BCUT2D eigenvalue weighted by molar-refractivity contribution is 7.89. The van der Waals surface area contributed by atoms with E-state index in [1.165, 1.54) is 19.2 Å². The first kappa shape index (κ1) is 19.9. The number of sulfonamides is 1. The van der Waals surface area contributed by atoms with Crippen LogP contribution in [0.5, 0.6) is 0 Å². The van der Waals surface area contributed by atoms with Gasteiger partial charge in [0.15, 0.2) is 5.96 Å². The van der Waals surface area contributed by atoms with E-state index in [0.717, 1.165) is 5.56 Å². The predicted molar refractivity (Wildman–Crippen MR) is 101 cm³/mol. The summed E-state index contributed by atoms with van der Waals surface area (Å²) in [5.41, 5.74) is 1.44. The minimum atomic E-state index is -3.47. The number of aliphatic imine (C=N–C) groups is 1. The third-order valence-electron chi connectivity index (χ3n) is 3.81. The molecule has 0 radical (unpaired) electrons. The molecular formula is C18H23FN4O2S. The maximum absolute atomic E-state index is 13.6. The summed E-state index contributed by atoms with van der Waals surface area (Å²) in [7, 11) is -0.457. The Hall–Kier alpha value is -2.45. The molecule has 0 amide bonds. The highest BCUT2D eigenvalue weighted by atomic mass is 32.2. The van der Waals surface area contributed by atoms with Gasteiger partial charge < -0.3 is 10.6 Å². The van der Waals surface area contributed by atoms with Crippen LogP contribution in [0.2, 0.25) is 0 Å². The van der Waals surface area contributed by atoms with Gasteiger partial charge in [0.05, 0.1) is 4.90 Å². The molecule has 0 unspecified atom stereocenters. The molecule has 8 heteroatoms. The molecule has 0 fully saturated rings. The zero-order chi connectivity index (χ0) is 19.0. The zero-order valence-electron chi connectivity index (χ0n) is 14.8. The smallest absolute Gasteiger partial charge is 0.240 e. The van der Waals surface area contributed by atoms with Gasteiger partial charge in [-0.1, -0.05) is 30.3 Å². The van der Waals surface area contributed by atoms with E-state index in [2.05, 4.69) is 20.3 Å². The molecule has 0 spiro atoms. The Morgan fingerprint density at radius 2 is 1.88 bits per heavy atom. The monoisotopic (exact) mass is 378 g/mol. The molecule has 26 heavy (non-hydrogen) atoms. The van der Waals surface area contributed by atoms with Gasteiger partial charge in [-0.15, -0.1) is 0 Å². The lowest BCUT2D eigenvalue weighted by Crippen LogP contribution is -2.38. The minimum absolute atomic E-state index is 0.210. The van der Waals surface area contributed by atoms with E-state index in [1.807, 2.05) is 6.07 Å². The van der Waals surface area contributed by atoms with Crippen LogP contribution in [0.4, 0.5) is 4.39 Å². The molecule has 0 aliphatic heterocycles. The largest absolute Gasteiger partial charge is 0.356 e. The molecule has 2 aromatic rings. The fourth-order valence-corrected chi connectivity index (χ4v) is 3.16. The van der Waals surface area contributed by atoms with Crippen molar-refractivity contribution < 1.29 is 12.8 Å². The third kappa shape index (κ3) is 5.53. The van der Waals surface area contributed by atoms with Crippen LogP contribution in [-0.4, -0.2) is 35.0 Å². The van der Waals surface area contributed by atoms with Gasteiger partial charge in [0.2, 0.25) is 10.0 Å². The fraction of sp³-hybridized carbons (Fsp3) is 0.278. The molecule has 0 aromatic heterocycles. The van der Waals surface area contributed by atoms with Crippen LogP contribution in [-0.2, 0) is 23.0 Å². The van der Waals surface area contributed by atoms with Crippen LogP contribution in [0, 0.1) is 5.82 Å². The Balaban J connectivity index is 1.89. The maximum Gasteiger partial charge on any atom is 0.240 e. The van der Waals surface area contributed by atoms with Crippen molar-refractivity contribution in [1.82, 2.24) is 15.4 Å². The molecule has 0 aliphatic carbocycles. The van der Waals surface area contributed by atoms with Crippen LogP contribution in [0.1, 0.15) is 11.1 Å². The average Bonchev–Trinajstić information content (AvgIpc) is 2.66. The molecule has 6 nitrogen and oxygen atoms in total. The number of nitrogens with zero attached hydrogens (tertiary/aromatic N) is 1. The molecule has 3 N–H and O–H groups in total. The topological polar surface area (TPSA) is 82.6 Å². The van der Waals surface area contributed by atoms with Crippen molar-refractivity contribution in [3.05, 3.63) is 65.5 Å². The van der Waals surface area contributed by atoms with Gasteiger partial charge in [-0.3, -0.25) is 4.99 Å². The van der Waals surface area contributed by atoms with Gasteiger partial charge in [-0.25, -0.2) is 17.5 Å². The van der Waals surface area contributed by atoms with Crippen LogP contribution in [0.15, 0.2) is 58.4 Å². The van der Waals surface area contributed by atoms with Gasteiger partial charge in [-0.05, 0) is 42.8 Å². The van der Waals surface area contributed by atoms with Crippen molar-refractivity contribution in [3.8, 4) is 0 Å². The Morgan fingerprint density at radius 3 is 2.58 bits per heavy atom. The van der Waals surface area contributed by atoms with Crippen LogP contribution in [0.25, 0.3) is 0 Å². The van der Waals surface area contributed by atoms with E-state index in [0.29, 0.717) is 31.0 Å². The molecule has 0 atom stereocenters. The number of guanidine groups is 1. The Kier molecular flexibility index (Phi) is 7.11. The highest BCUT2D eigenvalue weighted by Gasteiger charge is 2.11. The molecule has 0 bridgehead atoms. The second-order valence-corrected chi connectivity index (χ2v) is 7.44. The van der Waals surface area contributed by atoms with Gasteiger partial charge in [0.1, 0.15) is 5.82 Å². The summed E-state index contributed by atoms with van der Waals surface area (Å²) in [5, 5.41) is 6.23. The van der Waals surface area contributed by atoms with E-state index in [4.69, 9.17) is 0 Å². The lowest BCUT2D eigenvalue weighted by Gasteiger charge is -2.13. The molecule has 0 heterocycles. The number of hydrogen-bond donors (Lipinski definition) is 3. The van der Waals surface area contributed by atoms with E-state index in [1.54, 1.807) is 37.4 Å². The number of benzene rings is 2. The van der Waals surface area contributed by atoms with Crippen molar-refractivity contribution in [1.29, 1.82) is 0 Å². The van der Waals surface area contributed by atoms with Crippen molar-refractivity contribution >= 4 is 16.0 Å². The van der Waals surface area contributed by atoms with Crippen molar-refractivity contribution in [2.45, 2.75) is 17.9 Å². The van der Waals surface area contributed by atoms with Crippen molar-refractivity contribution in [2.75, 3.05) is 20.6 Å². The lowest BCUT2D eigenvalue weighted by atomic mass is 10.1. The zero-order valence-corrected chi connectivity index (χ0v) is 15.6. The summed E-state index contributed by atoms with van der Waals surface area (Å²) < 4.78 is 39.6. The number of hydrogen-bond acceptors (Lipinski definition) is 3. The number of halogens is 1. The lowest BCUT2D eigenvalue weighted by molar-refractivity contribution is 0.588. The molecule has 0 saturated carbocycles. The summed E-state index contributed by atoms with van der Waals surface area (Å²) in [6, 6.07) is 13.3. The molecule has 2 aromatic carbocycles. The maximum atomic E-state index is 13.6. The predicted octanol–water partition coefficient (Wildman–Crippen LogP) is 1.64. The van der Waals surface area contributed by atoms with E-state index in [9.17, 15) is 12.8 Å². The normalized spacial score (nSPS) is 12.0. The first-order valence-corrected chi connectivity index (χ1v) is 9.65. The van der Waals surface area contributed by atoms with Gasteiger partial charge in [0, 0.05) is 20.1 Å². The molecule has 0 saturated heterocycles. The summed E-state index contributed by atoms with van der Waals surface area (Å²) >= 11 is 0. The second-order valence-electron chi connectivity index (χ2n) is 5.55. The number of nitrogens with one attached hydrogen (secondary N) is 3. The van der Waals surface area contributed by atoms with Gasteiger partial charge >= 0.3 is 0 Å².